The smallest absolute Gasteiger partial charge is 0.387 e. The molecule has 5 heterocycles. The molecule has 7 unspecified atom stereocenters. The molecule has 12 atom stereocenters. The number of phosphoric ester groups is 2. The third-order valence-electron chi connectivity index (χ3n) is 7.86. The fourth-order valence-corrected chi connectivity index (χ4v) is 10.4. The van der Waals surface area contributed by atoms with E-state index in [1.807, 2.05) is 4.98 Å². The molecule has 0 radical (unpaired) electrons. The number of imidazole rings is 1. The van der Waals surface area contributed by atoms with Crippen molar-refractivity contribution in [2.45, 2.75) is 49.1 Å². The van der Waals surface area contributed by atoms with Crippen molar-refractivity contribution in [2.75, 3.05) is 25.5 Å². The second-order valence-corrected chi connectivity index (χ2v) is 18.2. The number of aromatic amines is 2. The number of rotatable bonds is 16. The molecule has 0 spiro atoms. The van der Waals surface area contributed by atoms with Gasteiger partial charge >= 0.3 is 42.6 Å². The summed E-state index contributed by atoms with van der Waals surface area (Å²) in [4.78, 5) is 84.6. The maximum atomic E-state index is 12.5. The number of nitrogen functional groups attached to an aromatic ring is 1. The van der Waals surface area contributed by atoms with E-state index in [-0.39, 0.29) is 29.2 Å². The van der Waals surface area contributed by atoms with Gasteiger partial charge in [0, 0.05) is 12.7 Å². The molecule has 30 nitrogen and oxygen atoms in total. The number of fused-ring (bicyclic) bond motifs is 1. The van der Waals surface area contributed by atoms with Crippen LogP contribution in [0.25, 0.3) is 17.2 Å². The highest BCUT2D eigenvalue weighted by atomic mass is 31.3. The third kappa shape index (κ3) is 10.4. The molecule has 318 valence electrons. The lowest BCUT2D eigenvalue weighted by Crippen LogP contribution is -2.46. The van der Waals surface area contributed by atoms with Crippen LogP contribution in [0.15, 0.2) is 33.0 Å². The first-order chi connectivity index (χ1) is 26.3. The summed E-state index contributed by atoms with van der Waals surface area (Å²) in [7, 11) is -22.8. The van der Waals surface area contributed by atoms with E-state index in [1.54, 1.807) is 0 Å². The zero-order valence-electron chi connectivity index (χ0n) is 28.6. The number of aromatic nitrogens is 6. The summed E-state index contributed by atoms with van der Waals surface area (Å²) in [6, 6.07) is 0. The van der Waals surface area contributed by atoms with Gasteiger partial charge in [0.1, 0.15) is 36.6 Å². The standard InChI is InChI=1S/C23H34N8O22P4/c1-29-8-31(17-12(29)19(37)27-22(25)26-17)21-16(35)14(33)11(50-21)7-48-55(41,42)52-57(45,46)53-56(43,44)51-54(39,40)47-6-10-13(32)15(34)20(49-10)30-5-9(3-2-4-24)18(36)28-23(30)38/h2-3,5,8,10-11,13-16,20-21,32-35H,4,6-7,24H2,1H3,(H7-,25,26,27,28,36,37,38,39,40,41,42,43,44,45,46)/p+1/t10-,11-,13+,14?,15?,16?,20-,21-/m1/s1. The van der Waals surface area contributed by atoms with Crippen LogP contribution in [0.3, 0.4) is 0 Å². The van der Waals surface area contributed by atoms with Gasteiger partial charge in [0.2, 0.25) is 11.7 Å². The maximum Gasteiger partial charge on any atom is 0.490 e. The molecule has 3 aromatic rings. The van der Waals surface area contributed by atoms with E-state index in [4.69, 9.17) is 20.9 Å². The van der Waals surface area contributed by atoms with Crippen LogP contribution in [0.4, 0.5) is 5.95 Å². The Morgan fingerprint density at radius 3 is 1.96 bits per heavy atom. The number of hydrogen-bond acceptors (Lipinski definition) is 21. The second-order valence-electron chi connectivity index (χ2n) is 11.9. The van der Waals surface area contributed by atoms with E-state index in [0.29, 0.717) is 4.57 Å². The fraction of sp³-hybridized carbons (Fsp3) is 0.522. The van der Waals surface area contributed by atoms with Crippen molar-refractivity contribution in [2.24, 2.45) is 12.8 Å². The van der Waals surface area contributed by atoms with Crippen LogP contribution in [0, 0.1) is 0 Å². The van der Waals surface area contributed by atoms with Crippen molar-refractivity contribution < 1.29 is 94.3 Å². The maximum absolute atomic E-state index is 12.5. The molecule has 5 rings (SSSR count). The zero-order valence-corrected chi connectivity index (χ0v) is 32.2. The summed E-state index contributed by atoms with van der Waals surface area (Å²) in [5.74, 6) is -0.314. The molecule has 0 saturated carbocycles. The minimum atomic E-state index is -6.27. The first-order valence-corrected chi connectivity index (χ1v) is 21.6. The molecular weight excluding hydrogens is 864 g/mol. The van der Waals surface area contributed by atoms with Crippen molar-refractivity contribution in [3.05, 3.63) is 55.4 Å². The van der Waals surface area contributed by atoms with Crippen LogP contribution in [0.1, 0.15) is 18.0 Å². The van der Waals surface area contributed by atoms with Crippen LogP contribution in [-0.4, -0.2) is 120 Å². The molecule has 3 aromatic heterocycles. The summed E-state index contributed by atoms with van der Waals surface area (Å²) < 4.78 is 84.0. The second kappa shape index (κ2) is 16.8. The van der Waals surface area contributed by atoms with Gasteiger partial charge in [0.25, 0.3) is 17.1 Å². The van der Waals surface area contributed by atoms with E-state index in [9.17, 15) is 72.6 Å². The Hall–Kier alpha value is -3.15. The van der Waals surface area contributed by atoms with Crippen molar-refractivity contribution >= 4 is 54.5 Å². The van der Waals surface area contributed by atoms with E-state index in [0.717, 1.165) is 10.8 Å². The highest BCUT2D eigenvalue weighted by Gasteiger charge is 2.51. The normalized spacial score (nSPS) is 29.6. The van der Waals surface area contributed by atoms with Crippen molar-refractivity contribution in [3.8, 4) is 0 Å². The Bertz CT molecular complexity index is 2400. The number of phosphoric acid groups is 4. The van der Waals surface area contributed by atoms with E-state index in [2.05, 4.69) is 31.9 Å². The van der Waals surface area contributed by atoms with Crippen molar-refractivity contribution in [1.29, 1.82) is 0 Å². The SMILES string of the molecule is Cn1c[n+]([C@@H]2O[C@H](COP(=O)(O)OP(=O)(O)OP(=O)(O)OP(=O)(O)OC[C@H]3O[C@@H](n4cc(C=CCN)c(=O)[nH]c4=O)C(O)[C@H]3O)C(O)C2O)c2nc(N)[nH]c(=O)c21. The van der Waals surface area contributed by atoms with E-state index in [1.165, 1.54) is 30.1 Å². The molecule has 2 aliphatic rings. The van der Waals surface area contributed by atoms with Crippen LogP contribution < -0.4 is 32.8 Å². The highest BCUT2D eigenvalue weighted by Crippen LogP contribution is 2.71. The Morgan fingerprint density at radius 2 is 1.39 bits per heavy atom. The van der Waals surface area contributed by atoms with Gasteiger partial charge in [-0.05, 0) is 0 Å². The average Bonchev–Trinajstić information content (AvgIpc) is 3.66. The molecule has 34 heteroatoms. The van der Waals surface area contributed by atoms with Crippen LogP contribution in [0.5, 0.6) is 0 Å². The Kier molecular flexibility index (Phi) is 13.3. The average molecular weight is 899 g/mol. The molecule has 2 saturated heterocycles. The highest BCUT2D eigenvalue weighted by molar-refractivity contribution is 7.69. The molecule has 0 amide bonds. The minimum Gasteiger partial charge on any atom is -0.387 e. The number of nitrogens with one attached hydrogen (secondary N) is 2. The summed E-state index contributed by atoms with van der Waals surface area (Å²) in [6.45, 7) is -2.40. The first-order valence-electron chi connectivity index (χ1n) is 15.6. The first kappa shape index (κ1) is 44.9. The Labute approximate surface area is 315 Å². The number of ether oxygens (including phenoxy) is 2. The summed E-state index contributed by atoms with van der Waals surface area (Å²) in [5.41, 5.74) is 8.06. The van der Waals surface area contributed by atoms with Gasteiger partial charge in [-0.3, -0.25) is 37.7 Å². The van der Waals surface area contributed by atoms with Gasteiger partial charge in [-0.2, -0.15) is 12.9 Å². The number of nitrogens with zero attached hydrogens (tertiary/aromatic N) is 4. The topological polar surface area (TPSA) is 456 Å². The van der Waals surface area contributed by atoms with Crippen LogP contribution >= 0.6 is 31.3 Å². The fourth-order valence-electron chi connectivity index (χ4n) is 5.46. The van der Waals surface area contributed by atoms with Gasteiger partial charge < -0.3 is 60.9 Å². The molecular formula is C23H35N8O22P4+. The van der Waals surface area contributed by atoms with E-state index >= 15 is 0 Å². The third-order valence-corrected chi connectivity index (χ3v) is 13.8. The van der Waals surface area contributed by atoms with Gasteiger partial charge in [0.15, 0.2) is 12.6 Å². The molecule has 14 N–H and O–H groups in total. The van der Waals surface area contributed by atoms with Crippen LogP contribution in [0.2, 0.25) is 0 Å². The van der Waals surface area contributed by atoms with Gasteiger partial charge in [-0.25, -0.2) is 27.6 Å². The molecule has 2 fully saturated rings. The molecule has 57 heavy (non-hydrogen) atoms. The zero-order chi connectivity index (χ0) is 42.4. The lowest BCUT2D eigenvalue weighted by atomic mass is 10.1. The molecule has 0 bridgehead atoms. The van der Waals surface area contributed by atoms with Crippen molar-refractivity contribution in [1.82, 2.24) is 24.1 Å². The van der Waals surface area contributed by atoms with Crippen LogP contribution in [-0.2, 0) is 56.8 Å². The number of aliphatic hydroxyl groups excluding tert-OH is 4. The summed E-state index contributed by atoms with van der Waals surface area (Å²) in [6.07, 6.45) is -9.52. The van der Waals surface area contributed by atoms with Gasteiger partial charge in [-0.15, -0.1) is 0 Å². The van der Waals surface area contributed by atoms with Crippen molar-refractivity contribution in [3.63, 3.8) is 0 Å². The summed E-state index contributed by atoms with van der Waals surface area (Å²) in [5, 5.41) is 41.9. The minimum absolute atomic E-state index is 0.0126. The largest absolute Gasteiger partial charge is 0.490 e. The number of nitrogens with two attached hydrogens (primary N) is 2. The number of aryl methyl sites for hydroxylation is 1. The predicted octanol–water partition coefficient (Wildman–Crippen LogP) is -4.62. The van der Waals surface area contributed by atoms with Gasteiger partial charge in [0.05, 0.1) is 25.8 Å². The summed E-state index contributed by atoms with van der Waals surface area (Å²) >= 11 is 0. The number of anilines is 1. The van der Waals surface area contributed by atoms with E-state index < -0.39 is 110 Å². The lowest BCUT2D eigenvalue weighted by molar-refractivity contribution is -0.745. The number of hydrogen-bond donors (Lipinski definition) is 12. The molecule has 0 aromatic carbocycles. The monoisotopic (exact) mass is 899 g/mol. The predicted molar refractivity (Wildman–Crippen MR) is 182 cm³/mol. The Balaban J connectivity index is 1.16. The number of aliphatic hydroxyl groups is 4. The quantitative estimate of drug-likeness (QED) is 0.0475. The molecule has 0 aliphatic carbocycles. The Morgan fingerprint density at radius 1 is 0.842 bits per heavy atom. The number of H-pyrrole nitrogens is 2. The lowest BCUT2D eigenvalue weighted by Gasteiger charge is -2.21. The molecule has 2 aliphatic heterocycles. The van der Waals surface area contributed by atoms with Gasteiger partial charge in [-0.1, -0.05) is 17.1 Å².